The quantitative estimate of drug-likeness (QED) is 0.320. The number of hydrogen-bond acceptors (Lipinski definition) is 8. The van der Waals surface area contributed by atoms with Crippen LogP contribution in [0.2, 0.25) is 5.02 Å². The van der Waals surface area contributed by atoms with Gasteiger partial charge in [0.15, 0.2) is 28.1 Å². The van der Waals surface area contributed by atoms with Gasteiger partial charge in [-0.2, -0.15) is 0 Å². The molecule has 10 heteroatoms. The van der Waals surface area contributed by atoms with E-state index in [9.17, 15) is 0 Å². The molecule has 8 nitrogen and oxygen atoms in total. The fourth-order valence-corrected chi connectivity index (χ4v) is 4.18. The summed E-state index contributed by atoms with van der Waals surface area (Å²) in [5, 5.41) is 1.20. The van der Waals surface area contributed by atoms with E-state index in [0.717, 1.165) is 10.7 Å². The van der Waals surface area contributed by atoms with E-state index in [0.29, 0.717) is 45.8 Å². The second kappa shape index (κ2) is 9.46. The van der Waals surface area contributed by atoms with Gasteiger partial charge < -0.3 is 19.9 Å². The van der Waals surface area contributed by atoms with Gasteiger partial charge in [0.05, 0.1) is 6.20 Å². The normalized spacial score (nSPS) is 11.7. The van der Waals surface area contributed by atoms with E-state index in [4.69, 9.17) is 22.1 Å². The predicted octanol–water partition coefficient (Wildman–Crippen LogP) is 4.11. The van der Waals surface area contributed by atoms with Crippen molar-refractivity contribution in [2.24, 2.45) is 12.8 Å². The van der Waals surface area contributed by atoms with Crippen molar-refractivity contribution in [2.45, 2.75) is 11.7 Å². The number of anilines is 1. The first-order valence-electron chi connectivity index (χ1n) is 9.74. The molecule has 0 saturated heterocycles. The molecule has 0 unspecified atom stereocenters. The van der Waals surface area contributed by atoms with E-state index >= 15 is 0 Å². The maximum atomic E-state index is 6.67. The average Bonchev–Trinajstić information content (AvgIpc) is 3.15. The Morgan fingerprint density at radius 3 is 2.69 bits per heavy atom. The monoisotopic (exact) mass is 467 g/mol. The minimum absolute atomic E-state index is 0.323. The van der Waals surface area contributed by atoms with Crippen LogP contribution in [0.25, 0.3) is 16.9 Å². The summed E-state index contributed by atoms with van der Waals surface area (Å²) in [7, 11) is 3.83. The zero-order chi connectivity index (χ0) is 22.7. The van der Waals surface area contributed by atoms with Crippen LogP contribution < -0.4 is 15.4 Å². The molecule has 0 aliphatic heterocycles. The van der Waals surface area contributed by atoms with E-state index in [1.807, 2.05) is 48.0 Å². The number of rotatable bonds is 7. The fraction of sp³-hybridized carbons (Fsp3) is 0.182. The number of pyridine rings is 1. The second-order valence-electron chi connectivity index (χ2n) is 6.97. The number of nitrogens with zero attached hydrogens (tertiary/aromatic N) is 6. The molecular weight excluding hydrogens is 446 g/mol. The molecule has 4 aromatic rings. The molecule has 32 heavy (non-hydrogen) atoms. The molecule has 0 amide bonds. The number of nitrogens with two attached hydrogens (primary N) is 1. The van der Waals surface area contributed by atoms with Crippen LogP contribution in [0.4, 0.5) is 5.82 Å². The molecule has 3 aromatic heterocycles. The highest BCUT2D eigenvalue weighted by molar-refractivity contribution is 7.98. The number of benzene rings is 1. The lowest BCUT2D eigenvalue weighted by atomic mass is 10.2. The van der Waals surface area contributed by atoms with Crippen molar-refractivity contribution in [3.05, 3.63) is 71.4 Å². The van der Waals surface area contributed by atoms with Gasteiger partial charge in [0.2, 0.25) is 0 Å². The van der Waals surface area contributed by atoms with Gasteiger partial charge in [-0.05, 0) is 11.8 Å². The first-order valence-corrected chi connectivity index (χ1v) is 11.3. The lowest BCUT2D eigenvalue weighted by molar-refractivity contribution is 0.508. The Balaban J connectivity index is 1.67. The molecule has 0 bridgehead atoms. The third-order valence-corrected chi connectivity index (χ3v) is 5.95. The maximum Gasteiger partial charge on any atom is 0.180 e. The van der Waals surface area contributed by atoms with Gasteiger partial charge in [0, 0.05) is 39.2 Å². The molecule has 3 heterocycles. The lowest BCUT2D eigenvalue weighted by Gasteiger charge is -2.21. The van der Waals surface area contributed by atoms with Crippen LogP contribution in [0, 0.1) is 0 Å². The summed E-state index contributed by atoms with van der Waals surface area (Å²) in [4.78, 5) is 19.8. The van der Waals surface area contributed by atoms with E-state index in [-0.39, 0.29) is 0 Å². The Morgan fingerprint density at radius 1 is 1.22 bits per heavy atom. The maximum absolute atomic E-state index is 6.67. The van der Waals surface area contributed by atoms with Gasteiger partial charge in [-0.15, -0.1) is 0 Å². The highest BCUT2D eigenvalue weighted by Gasteiger charge is 2.20. The Hall–Kier alpha value is -3.30. The second-order valence-corrected chi connectivity index (χ2v) is 8.12. The van der Waals surface area contributed by atoms with Crippen molar-refractivity contribution in [3.8, 4) is 5.75 Å². The molecule has 164 valence electrons. The average molecular weight is 468 g/mol. The zero-order valence-corrected chi connectivity index (χ0v) is 19.4. The van der Waals surface area contributed by atoms with Gasteiger partial charge in [-0.25, -0.2) is 19.9 Å². The Kier molecular flexibility index (Phi) is 6.48. The predicted molar refractivity (Wildman–Crippen MR) is 129 cm³/mol. The van der Waals surface area contributed by atoms with Crippen molar-refractivity contribution in [1.82, 2.24) is 24.5 Å². The Bertz CT molecular complexity index is 1280. The molecule has 0 aliphatic rings. The summed E-state index contributed by atoms with van der Waals surface area (Å²) in [6.07, 6.45) is 8.06. The van der Waals surface area contributed by atoms with Gasteiger partial charge in [0.25, 0.3) is 0 Å². The van der Waals surface area contributed by atoms with Crippen molar-refractivity contribution in [2.75, 3.05) is 18.2 Å². The van der Waals surface area contributed by atoms with Crippen LogP contribution in [0.15, 0.2) is 60.3 Å². The topological polar surface area (TPSA) is 95.0 Å². The summed E-state index contributed by atoms with van der Waals surface area (Å²) < 4.78 is 7.98. The van der Waals surface area contributed by atoms with E-state index in [2.05, 4.69) is 32.1 Å². The molecule has 0 saturated carbocycles. The van der Waals surface area contributed by atoms with Crippen molar-refractivity contribution in [3.63, 3.8) is 0 Å². The third-order valence-electron chi connectivity index (χ3n) is 4.85. The van der Waals surface area contributed by atoms with Crippen LogP contribution in [0.1, 0.15) is 11.3 Å². The standard InChI is InChI=1S/C22H22ClN7OS/c1-29(13-14-7-5-4-6-8-14)21-18(25-9-10-26-21)15(11-24)31-16-12-27-20-19(17(16)23)30(2)22(28-20)32-3/h4-12H,13,24H2,1-3H3. The van der Waals surface area contributed by atoms with Gasteiger partial charge in [0.1, 0.15) is 16.2 Å². The smallest absolute Gasteiger partial charge is 0.180 e. The highest BCUT2D eigenvalue weighted by atomic mass is 35.5. The van der Waals surface area contributed by atoms with E-state index in [1.165, 1.54) is 24.2 Å². The molecule has 4 rings (SSSR count). The number of halogens is 1. The fourth-order valence-electron chi connectivity index (χ4n) is 3.34. The molecule has 0 radical (unpaired) electrons. The summed E-state index contributed by atoms with van der Waals surface area (Å²) in [5.41, 5.74) is 8.81. The number of fused-ring (bicyclic) bond motifs is 1. The van der Waals surface area contributed by atoms with E-state index < -0.39 is 0 Å². The summed E-state index contributed by atoms with van der Waals surface area (Å²) in [6.45, 7) is 0.644. The number of imidazole rings is 1. The third kappa shape index (κ3) is 4.21. The first-order chi connectivity index (χ1) is 15.5. The number of aromatic nitrogens is 5. The molecular formula is C22H22ClN7OS. The lowest BCUT2D eigenvalue weighted by Crippen LogP contribution is -2.20. The van der Waals surface area contributed by atoms with Crippen molar-refractivity contribution in [1.29, 1.82) is 0 Å². The SMILES string of the molecule is CSc1nc2ncc(OC(=CN)c3nccnc3N(C)Cc3ccccc3)c(Cl)c2n1C. The number of thioether (sulfide) groups is 1. The molecule has 0 fully saturated rings. The molecule has 2 N–H and O–H groups in total. The molecule has 0 atom stereocenters. The van der Waals surface area contributed by atoms with Gasteiger partial charge >= 0.3 is 0 Å². The summed E-state index contributed by atoms with van der Waals surface area (Å²) >= 11 is 8.18. The first kappa shape index (κ1) is 21.9. The van der Waals surface area contributed by atoms with Crippen LogP contribution in [-0.2, 0) is 13.6 Å². The molecule has 1 aromatic carbocycles. The van der Waals surface area contributed by atoms with Crippen molar-refractivity contribution < 1.29 is 4.74 Å². The number of ether oxygens (including phenoxy) is 1. The van der Waals surface area contributed by atoms with Crippen molar-refractivity contribution >= 4 is 46.1 Å². The van der Waals surface area contributed by atoms with Crippen LogP contribution in [0.3, 0.4) is 0 Å². The number of aryl methyl sites for hydroxylation is 1. The summed E-state index contributed by atoms with van der Waals surface area (Å²) in [6, 6.07) is 10.1. The Morgan fingerprint density at radius 2 is 1.97 bits per heavy atom. The number of hydrogen-bond donors (Lipinski definition) is 1. The molecule has 0 spiro atoms. The van der Waals surface area contributed by atoms with Gasteiger partial charge in [-0.1, -0.05) is 53.7 Å². The minimum atomic E-state index is 0.323. The zero-order valence-electron chi connectivity index (χ0n) is 17.9. The largest absolute Gasteiger partial charge is 0.450 e. The Labute approximate surface area is 195 Å². The minimum Gasteiger partial charge on any atom is -0.450 e. The van der Waals surface area contributed by atoms with Crippen LogP contribution in [0.5, 0.6) is 5.75 Å². The molecule has 0 aliphatic carbocycles. The highest BCUT2D eigenvalue weighted by Crippen LogP contribution is 2.35. The van der Waals surface area contributed by atoms with Crippen LogP contribution in [-0.4, -0.2) is 37.8 Å². The van der Waals surface area contributed by atoms with E-state index in [1.54, 1.807) is 12.4 Å². The summed E-state index contributed by atoms with van der Waals surface area (Å²) in [5.74, 6) is 1.31. The van der Waals surface area contributed by atoms with Gasteiger partial charge in [-0.3, -0.25) is 0 Å². The van der Waals surface area contributed by atoms with Crippen LogP contribution >= 0.6 is 23.4 Å².